The number of rotatable bonds is 9. The average Bonchev–Trinajstić information content (AvgIpc) is 3.29. The molecule has 0 saturated heterocycles. The molecule has 0 aliphatic carbocycles. The zero-order chi connectivity index (χ0) is 39.6. The van der Waals surface area contributed by atoms with E-state index in [1.807, 2.05) is 127 Å². The van der Waals surface area contributed by atoms with Crippen LogP contribution in [0.2, 0.25) is 0 Å². The third-order valence-electron chi connectivity index (χ3n) is 9.83. The third kappa shape index (κ3) is 7.45. The number of fused-ring (bicyclic) bond motifs is 1. The largest absolute Gasteiger partial charge is 0.217 e. The Kier molecular flexibility index (Phi) is 9.77. The maximum absolute atomic E-state index is 5.18. The summed E-state index contributed by atoms with van der Waals surface area (Å²) >= 11 is 0. The fourth-order valence-corrected chi connectivity index (χ4v) is 6.73. The quantitative estimate of drug-likeness (QED) is 0.142. The van der Waals surface area contributed by atoms with Gasteiger partial charge in [-0.05, 0) is 22.9 Å². The second-order valence-corrected chi connectivity index (χ2v) is 14.7. The summed E-state index contributed by atoms with van der Waals surface area (Å²) in [5, 5.41) is 2.00. The highest BCUT2D eigenvalue weighted by Crippen LogP contribution is 2.35. The highest BCUT2D eigenvalue weighted by Gasteiger charge is 2.19. The zero-order valence-corrected chi connectivity index (χ0v) is 32.6. The Morgan fingerprint density at radius 1 is 0.293 bits per heavy atom. The average molecular weight is 754 g/mol. The van der Waals surface area contributed by atoms with Crippen LogP contribution in [0, 0.1) is 0 Å². The van der Waals surface area contributed by atoms with Gasteiger partial charge in [0.2, 0.25) is 0 Å². The first kappa shape index (κ1) is 36.3. The Labute approximate surface area is 337 Å². The van der Waals surface area contributed by atoms with E-state index in [1.54, 1.807) is 0 Å². The summed E-state index contributed by atoms with van der Waals surface area (Å²) in [4.78, 5) is 44.7. The number of benzene rings is 6. The lowest BCUT2D eigenvalue weighted by molar-refractivity contribution is 0.697. The van der Waals surface area contributed by atoms with Gasteiger partial charge in [-0.25, -0.2) is 44.9 Å². The van der Waals surface area contributed by atoms with Crippen molar-refractivity contribution in [3.63, 3.8) is 0 Å². The van der Waals surface area contributed by atoms with Crippen molar-refractivity contribution in [1.29, 1.82) is 0 Å². The molecule has 9 rings (SSSR count). The molecule has 9 aromatic rings. The molecule has 0 saturated carbocycles. The van der Waals surface area contributed by atoms with Crippen molar-refractivity contribution in [2.24, 2.45) is 0 Å². The molecular formula is C49H39N9. The van der Waals surface area contributed by atoms with E-state index in [0.29, 0.717) is 40.8 Å². The molecule has 0 aliphatic rings. The van der Waals surface area contributed by atoms with Gasteiger partial charge in [0.15, 0.2) is 40.8 Å². The lowest BCUT2D eigenvalue weighted by atomic mass is 9.99. The van der Waals surface area contributed by atoms with Crippen LogP contribution in [0.5, 0.6) is 0 Å². The Balaban J connectivity index is 1.20. The van der Waals surface area contributed by atoms with Gasteiger partial charge in [-0.2, -0.15) is 0 Å². The van der Waals surface area contributed by atoms with Gasteiger partial charge in [0, 0.05) is 50.8 Å². The van der Waals surface area contributed by atoms with Crippen LogP contribution in [0.15, 0.2) is 152 Å². The number of hydrogen-bond acceptors (Lipinski definition) is 9. The topological polar surface area (TPSA) is 116 Å². The normalized spacial score (nSPS) is 11.4. The van der Waals surface area contributed by atoms with Crippen LogP contribution in [0.4, 0.5) is 0 Å². The van der Waals surface area contributed by atoms with E-state index >= 15 is 0 Å². The Morgan fingerprint density at radius 3 is 1.07 bits per heavy atom. The van der Waals surface area contributed by atoms with Crippen LogP contribution in [0.1, 0.15) is 51.2 Å². The molecule has 0 unspecified atom stereocenters. The minimum atomic E-state index is 0.176. The van der Waals surface area contributed by atoms with Crippen molar-refractivity contribution in [3.05, 3.63) is 163 Å². The zero-order valence-electron chi connectivity index (χ0n) is 32.6. The fourth-order valence-electron chi connectivity index (χ4n) is 6.73. The van der Waals surface area contributed by atoms with Gasteiger partial charge in [0.25, 0.3) is 0 Å². The fraction of sp³-hybridized carbons (Fsp3) is 0.122. The lowest BCUT2D eigenvalue weighted by Gasteiger charge is -2.13. The molecule has 280 valence electrons. The van der Waals surface area contributed by atoms with Crippen molar-refractivity contribution < 1.29 is 0 Å². The Hall–Kier alpha value is -7.39. The highest BCUT2D eigenvalue weighted by atomic mass is 15.1. The van der Waals surface area contributed by atoms with Gasteiger partial charge < -0.3 is 0 Å². The summed E-state index contributed by atoms with van der Waals surface area (Å²) in [5.41, 5.74) is 6.08. The molecule has 0 bridgehead atoms. The summed E-state index contributed by atoms with van der Waals surface area (Å²) in [6, 6.07) is 50.5. The van der Waals surface area contributed by atoms with Gasteiger partial charge in [0.05, 0.1) is 0 Å². The lowest BCUT2D eigenvalue weighted by Crippen LogP contribution is -2.08. The molecule has 9 heteroatoms. The SMILES string of the molecule is CC(C)c1nc(-c2ccc(-c3nc(-c4ccccc4)nc(-c4cc(-c5nc(-c6ccccc6)nc(-c6ccccc6)n5)cc5ccccc45)n3)cc2)nc(C(C)C)n1. The van der Waals surface area contributed by atoms with Crippen molar-refractivity contribution in [2.75, 3.05) is 0 Å². The molecule has 58 heavy (non-hydrogen) atoms. The van der Waals surface area contributed by atoms with Gasteiger partial charge in [-0.1, -0.05) is 167 Å². The highest BCUT2D eigenvalue weighted by molar-refractivity contribution is 5.98. The first-order valence-electron chi connectivity index (χ1n) is 19.4. The predicted molar refractivity (Wildman–Crippen MR) is 230 cm³/mol. The van der Waals surface area contributed by atoms with Crippen molar-refractivity contribution in [1.82, 2.24) is 44.9 Å². The van der Waals surface area contributed by atoms with Crippen LogP contribution in [0.3, 0.4) is 0 Å². The first-order chi connectivity index (χ1) is 28.4. The number of hydrogen-bond donors (Lipinski definition) is 0. The maximum atomic E-state index is 5.18. The third-order valence-corrected chi connectivity index (χ3v) is 9.83. The second kappa shape index (κ2) is 15.6. The molecular weight excluding hydrogens is 715 g/mol. The molecule has 0 N–H and O–H groups in total. The molecule has 6 aromatic carbocycles. The van der Waals surface area contributed by atoms with E-state index < -0.39 is 0 Å². The van der Waals surface area contributed by atoms with Crippen molar-refractivity contribution in [3.8, 4) is 79.7 Å². The standard InChI is InChI=1S/C49H39N9/c1-30(2)41-50-42(31(3)4)52-46(51-41)35-24-26-36(27-25-35)47-54-45(34-20-12-7-13-21-34)57-49(58-47)40-29-38(28-37-22-14-15-23-39(37)40)48-55-43(32-16-8-5-9-17-32)53-44(56-48)33-18-10-6-11-19-33/h5-31H,1-4H3. The summed E-state index contributed by atoms with van der Waals surface area (Å²) in [6.45, 7) is 8.40. The van der Waals surface area contributed by atoms with Crippen LogP contribution in [-0.2, 0) is 0 Å². The van der Waals surface area contributed by atoms with E-state index in [2.05, 4.69) is 52.0 Å². The summed E-state index contributed by atoms with van der Waals surface area (Å²) in [7, 11) is 0. The van der Waals surface area contributed by atoms with E-state index in [9.17, 15) is 0 Å². The van der Waals surface area contributed by atoms with Crippen LogP contribution in [0.25, 0.3) is 90.5 Å². The second-order valence-electron chi connectivity index (χ2n) is 14.7. The molecule has 0 spiro atoms. The van der Waals surface area contributed by atoms with Crippen LogP contribution in [-0.4, -0.2) is 44.9 Å². The summed E-state index contributed by atoms with van der Waals surface area (Å²) in [5.74, 6) is 5.96. The van der Waals surface area contributed by atoms with Gasteiger partial charge in [-0.3, -0.25) is 0 Å². The number of aromatic nitrogens is 9. The number of nitrogens with zero attached hydrogens (tertiary/aromatic N) is 9. The van der Waals surface area contributed by atoms with Crippen LogP contribution < -0.4 is 0 Å². The van der Waals surface area contributed by atoms with Gasteiger partial charge in [0.1, 0.15) is 11.6 Å². The van der Waals surface area contributed by atoms with Crippen molar-refractivity contribution >= 4 is 10.8 Å². The van der Waals surface area contributed by atoms with E-state index in [4.69, 9.17) is 44.9 Å². The minimum Gasteiger partial charge on any atom is -0.217 e. The van der Waals surface area contributed by atoms with Gasteiger partial charge >= 0.3 is 0 Å². The minimum absolute atomic E-state index is 0.176. The van der Waals surface area contributed by atoms with Gasteiger partial charge in [-0.15, -0.1) is 0 Å². The maximum Gasteiger partial charge on any atom is 0.164 e. The Bertz CT molecular complexity index is 2800. The Morgan fingerprint density at radius 2 is 0.638 bits per heavy atom. The first-order valence-corrected chi connectivity index (χ1v) is 19.4. The molecule has 3 aromatic heterocycles. The van der Waals surface area contributed by atoms with Crippen LogP contribution >= 0.6 is 0 Å². The monoisotopic (exact) mass is 753 g/mol. The van der Waals surface area contributed by atoms with E-state index in [-0.39, 0.29) is 11.8 Å². The van der Waals surface area contributed by atoms with E-state index in [0.717, 1.165) is 61.4 Å². The van der Waals surface area contributed by atoms with E-state index in [1.165, 1.54) is 0 Å². The molecule has 0 atom stereocenters. The predicted octanol–water partition coefficient (Wildman–Crippen LogP) is 11.3. The molecule has 0 amide bonds. The molecule has 9 nitrogen and oxygen atoms in total. The summed E-state index contributed by atoms with van der Waals surface area (Å²) in [6.07, 6.45) is 0. The molecule has 0 fully saturated rings. The molecule has 3 heterocycles. The van der Waals surface area contributed by atoms with Crippen molar-refractivity contribution in [2.45, 2.75) is 39.5 Å². The smallest absolute Gasteiger partial charge is 0.164 e. The molecule has 0 radical (unpaired) electrons. The molecule has 0 aliphatic heterocycles. The summed E-state index contributed by atoms with van der Waals surface area (Å²) < 4.78 is 0.